The van der Waals surface area contributed by atoms with Crippen LogP contribution in [0.15, 0.2) is 121 Å². The Morgan fingerprint density at radius 3 is 2.03 bits per heavy atom. The van der Waals surface area contributed by atoms with E-state index >= 15 is 0 Å². The largest absolute Gasteiger partial charge is 0.306 e. The summed E-state index contributed by atoms with van der Waals surface area (Å²) >= 11 is 0. The van der Waals surface area contributed by atoms with Gasteiger partial charge in [0, 0.05) is 16.7 Å². The highest BCUT2D eigenvalue weighted by Gasteiger charge is 2.42. The van der Waals surface area contributed by atoms with E-state index in [1.807, 2.05) is 36.4 Å². The standard InChI is InChI=1S/C31H20N2O/c34-24-17-19-31(20-18-24)26-16-8-14-21-13-7-15-25(27(21)26)30-32-28(22-9-3-1-4-10-22)29(33(30)31)23-11-5-2-6-12-23/h1-20H. The lowest BCUT2D eigenvalue weighted by Gasteiger charge is -2.39. The molecule has 0 amide bonds. The second-order valence-electron chi connectivity index (χ2n) is 8.80. The second kappa shape index (κ2) is 7.00. The van der Waals surface area contributed by atoms with Crippen molar-refractivity contribution in [2.45, 2.75) is 5.54 Å². The van der Waals surface area contributed by atoms with Crippen LogP contribution in [0.2, 0.25) is 0 Å². The molecular weight excluding hydrogens is 416 g/mol. The Hall–Kier alpha value is -4.50. The van der Waals surface area contributed by atoms with E-state index in [-0.39, 0.29) is 5.78 Å². The molecule has 1 aromatic heterocycles. The first kappa shape index (κ1) is 19.0. The molecule has 0 saturated carbocycles. The molecule has 7 rings (SSSR count). The van der Waals surface area contributed by atoms with Gasteiger partial charge in [0.05, 0.1) is 11.4 Å². The summed E-state index contributed by atoms with van der Waals surface area (Å²) in [6, 6.07) is 33.6. The number of hydrogen-bond acceptors (Lipinski definition) is 2. The van der Waals surface area contributed by atoms with Crippen LogP contribution in [-0.2, 0) is 10.3 Å². The number of carbonyl (C=O) groups is 1. The predicted octanol–water partition coefficient (Wildman–Crippen LogP) is 6.79. The molecule has 2 aliphatic rings. The van der Waals surface area contributed by atoms with Crippen molar-refractivity contribution in [3.8, 4) is 33.9 Å². The Bertz CT molecular complexity index is 1640. The molecule has 0 unspecified atom stereocenters. The van der Waals surface area contributed by atoms with E-state index in [0.29, 0.717) is 0 Å². The van der Waals surface area contributed by atoms with Crippen molar-refractivity contribution in [2.75, 3.05) is 0 Å². The lowest BCUT2D eigenvalue weighted by molar-refractivity contribution is -0.110. The molecular formula is C31H20N2O. The summed E-state index contributed by atoms with van der Waals surface area (Å²) in [4.78, 5) is 17.6. The van der Waals surface area contributed by atoms with Crippen molar-refractivity contribution < 1.29 is 4.79 Å². The minimum absolute atomic E-state index is 0.00266. The van der Waals surface area contributed by atoms with Gasteiger partial charge in [-0.15, -0.1) is 0 Å². The van der Waals surface area contributed by atoms with Crippen molar-refractivity contribution >= 4 is 16.6 Å². The van der Waals surface area contributed by atoms with E-state index in [2.05, 4.69) is 77.4 Å². The number of aromatic nitrogens is 2. The lowest BCUT2D eigenvalue weighted by atomic mass is 9.78. The Balaban J connectivity index is 1.69. The summed E-state index contributed by atoms with van der Waals surface area (Å²) < 4.78 is 2.32. The molecule has 1 aliphatic carbocycles. The summed E-state index contributed by atoms with van der Waals surface area (Å²) in [6.07, 6.45) is 7.44. The first-order valence-corrected chi connectivity index (χ1v) is 11.5. The minimum atomic E-state index is -0.650. The number of hydrogen-bond donors (Lipinski definition) is 0. The maximum Gasteiger partial charge on any atom is 0.178 e. The van der Waals surface area contributed by atoms with E-state index in [1.165, 1.54) is 10.8 Å². The second-order valence-corrected chi connectivity index (χ2v) is 8.80. The third kappa shape index (κ3) is 2.52. The van der Waals surface area contributed by atoms with Crippen LogP contribution in [0, 0.1) is 0 Å². The number of rotatable bonds is 2. The molecule has 0 N–H and O–H groups in total. The lowest BCUT2D eigenvalue weighted by Crippen LogP contribution is -2.36. The summed E-state index contributed by atoms with van der Waals surface area (Å²) in [6.45, 7) is 0. The van der Waals surface area contributed by atoms with Crippen molar-refractivity contribution in [2.24, 2.45) is 0 Å². The fourth-order valence-corrected chi connectivity index (χ4v) is 5.46. The first-order valence-electron chi connectivity index (χ1n) is 11.5. The molecule has 0 radical (unpaired) electrons. The summed E-state index contributed by atoms with van der Waals surface area (Å²) in [5.74, 6) is 0.911. The highest BCUT2D eigenvalue weighted by atomic mass is 16.1. The molecule has 3 nitrogen and oxygen atoms in total. The number of allylic oxidation sites excluding steroid dienone is 4. The van der Waals surface area contributed by atoms with Crippen LogP contribution < -0.4 is 0 Å². The number of nitrogens with zero attached hydrogens (tertiary/aromatic N) is 2. The fourth-order valence-electron chi connectivity index (χ4n) is 5.46. The van der Waals surface area contributed by atoms with Gasteiger partial charge in [-0.05, 0) is 40.6 Å². The van der Waals surface area contributed by atoms with Crippen molar-refractivity contribution in [1.82, 2.24) is 9.55 Å². The van der Waals surface area contributed by atoms with Gasteiger partial charge in [0.1, 0.15) is 11.4 Å². The van der Waals surface area contributed by atoms with Crippen molar-refractivity contribution in [3.63, 3.8) is 0 Å². The van der Waals surface area contributed by atoms with Crippen LogP contribution >= 0.6 is 0 Å². The monoisotopic (exact) mass is 436 g/mol. The zero-order valence-electron chi connectivity index (χ0n) is 18.3. The van der Waals surface area contributed by atoms with Crippen LogP contribution in [0.25, 0.3) is 44.7 Å². The van der Waals surface area contributed by atoms with E-state index < -0.39 is 5.54 Å². The van der Waals surface area contributed by atoms with E-state index in [4.69, 9.17) is 4.98 Å². The minimum Gasteiger partial charge on any atom is -0.306 e. The average molecular weight is 437 g/mol. The van der Waals surface area contributed by atoms with Crippen LogP contribution in [0.1, 0.15) is 5.56 Å². The normalized spacial score (nSPS) is 15.1. The summed E-state index contributed by atoms with van der Waals surface area (Å²) in [5.41, 5.74) is 5.74. The zero-order chi connectivity index (χ0) is 22.7. The number of fused-ring (bicyclic) bond motifs is 4. The fraction of sp³-hybridized carbons (Fsp3) is 0.0323. The quantitative estimate of drug-likeness (QED) is 0.305. The third-order valence-corrected chi connectivity index (χ3v) is 6.92. The Kier molecular flexibility index (Phi) is 3.91. The molecule has 1 aliphatic heterocycles. The number of imidazole rings is 1. The molecule has 0 bridgehead atoms. The van der Waals surface area contributed by atoms with E-state index in [9.17, 15) is 4.79 Å². The zero-order valence-corrected chi connectivity index (χ0v) is 18.3. The van der Waals surface area contributed by atoms with Gasteiger partial charge in [-0.25, -0.2) is 4.98 Å². The van der Waals surface area contributed by atoms with Crippen LogP contribution in [0.5, 0.6) is 0 Å². The Morgan fingerprint density at radius 1 is 0.676 bits per heavy atom. The van der Waals surface area contributed by atoms with Gasteiger partial charge < -0.3 is 4.57 Å². The van der Waals surface area contributed by atoms with Crippen molar-refractivity contribution in [3.05, 3.63) is 127 Å². The number of carbonyl (C=O) groups excluding carboxylic acids is 1. The van der Waals surface area contributed by atoms with E-state index in [0.717, 1.165) is 39.5 Å². The van der Waals surface area contributed by atoms with Gasteiger partial charge in [0.25, 0.3) is 0 Å². The summed E-state index contributed by atoms with van der Waals surface area (Å²) in [7, 11) is 0. The summed E-state index contributed by atoms with van der Waals surface area (Å²) in [5, 5.41) is 2.36. The van der Waals surface area contributed by atoms with Crippen LogP contribution in [0.3, 0.4) is 0 Å². The molecule has 34 heavy (non-hydrogen) atoms. The molecule has 0 atom stereocenters. The molecule has 4 aromatic carbocycles. The smallest absolute Gasteiger partial charge is 0.178 e. The Morgan fingerprint density at radius 2 is 1.32 bits per heavy atom. The number of benzene rings is 4. The molecule has 2 heterocycles. The topological polar surface area (TPSA) is 34.9 Å². The molecule has 3 heteroatoms. The molecule has 5 aromatic rings. The molecule has 0 saturated heterocycles. The third-order valence-electron chi connectivity index (χ3n) is 6.92. The Labute approximate surface area is 197 Å². The predicted molar refractivity (Wildman–Crippen MR) is 136 cm³/mol. The van der Waals surface area contributed by atoms with Gasteiger partial charge in [-0.2, -0.15) is 0 Å². The van der Waals surface area contributed by atoms with Gasteiger partial charge in [0.15, 0.2) is 5.78 Å². The highest BCUT2D eigenvalue weighted by Crippen LogP contribution is 2.51. The highest BCUT2D eigenvalue weighted by molar-refractivity contribution is 6.05. The van der Waals surface area contributed by atoms with Crippen LogP contribution in [-0.4, -0.2) is 15.3 Å². The molecule has 1 spiro atoms. The van der Waals surface area contributed by atoms with Gasteiger partial charge in [-0.3, -0.25) is 4.79 Å². The van der Waals surface area contributed by atoms with Gasteiger partial charge in [-0.1, -0.05) is 97.1 Å². The maximum atomic E-state index is 12.3. The van der Waals surface area contributed by atoms with Gasteiger partial charge in [0.2, 0.25) is 0 Å². The molecule has 0 fully saturated rings. The maximum absolute atomic E-state index is 12.3. The van der Waals surface area contributed by atoms with E-state index in [1.54, 1.807) is 12.2 Å². The van der Waals surface area contributed by atoms with Crippen LogP contribution in [0.4, 0.5) is 0 Å². The number of ketones is 1. The van der Waals surface area contributed by atoms with Gasteiger partial charge >= 0.3 is 0 Å². The SMILES string of the molecule is O=C1C=CC2(C=C1)c1cccc3cccc(c13)-c1nc(-c3ccccc3)c(-c3ccccc3)n12. The first-order chi connectivity index (χ1) is 16.8. The van der Waals surface area contributed by atoms with Crippen molar-refractivity contribution in [1.29, 1.82) is 0 Å². The molecule has 160 valence electrons. The average Bonchev–Trinajstić information content (AvgIpc) is 3.31.